The third-order valence-corrected chi connectivity index (χ3v) is 4.97. The van der Waals surface area contributed by atoms with E-state index in [4.69, 9.17) is 13.6 Å². The van der Waals surface area contributed by atoms with Crippen LogP contribution in [-0.2, 0) is 17.8 Å². The first-order valence-electron chi connectivity index (χ1n) is 8.49. The average molecular weight is 396 g/mol. The van der Waals surface area contributed by atoms with Crippen LogP contribution < -0.4 is 15.7 Å². The van der Waals surface area contributed by atoms with E-state index in [9.17, 15) is 9.59 Å². The molecule has 1 aromatic carbocycles. The SMILES string of the molecule is COc1cccc2cc(-c3csc(CC(=O)NCc4ccco4)n3)c(=O)oc12. The fourth-order valence-electron chi connectivity index (χ4n) is 2.77. The van der Waals surface area contributed by atoms with Crippen LogP contribution in [0.2, 0.25) is 0 Å². The normalized spacial score (nSPS) is 10.9. The second kappa shape index (κ2) is 7.69. The standard InChI is InChI=1S/C20H16N2O5S/c1-25-16-6-2-4-12-8-14(20(24)27-19(12)16)15-11-28-18(22-15)9-17(23)21-10-13-5-3-7-26-13/h2-8,11H,9-10H2,1H3,(H,21,23). The summed E-state index contributed by atoms with van der Waals surface area (Å²) in [4.78, 5) is 28.9. The lowest BCUT2D eigenvalue weighted by atomic mass is 10.1. The molecule has 4 aromatic rings. The molecule has 28 heavy (non-hydrogen) atoms. The summed E-state index contributed by atoms with van der Waals surface area (Å²) in [7, 11) is 1.52. The summed E-state index contributed by atoms with van der Waals surface area (Å²) in [6.45, 7) is 0.320. The van der Waals surface area contributed by atoms with Gasteiger partial charge in [-0.05, 0) is 24.3 Å². The number of aromatic nitrogens is 1. The van der Waals surface area contributed by atoms with Crippen molar-refractivity contribution in [3.8, 4) is 17.0 Å². The molecule has 8 heteroatoms. The van der Waals surface area contributed by atoms with Gasteiger partial charge >= 0.3 is 5.63 Å². The van der Waals surface area contributed by atoms with Gasteiger partial charge in [-0.15, -0.1) is 11.3 Å². The quantitative estimate of drug-likeness (QED) is 0.502. The number of nitrogens with one attached hydrogen (secondary N) is 1. The van der Waals surface area contributed by atoms with Crippen molar-refractivity contribution in [2.75, 3.05) is 7.11 Å². The molecule has 7 nitrogen and oxygen atoms in total. The number of rotatable bonds is 6. The Hall–Kier alpha value is -3.39. The summed E-state index contributed by atoms with van der Waals surface area (Å²) in [5.74, 6) is 0.998. The summed E-state index contributed by atoms with van der Waals surface area (Å²) in [5.41, 5.74) is 0.721. The molecule has 0 radical (unpaired) electrons. The number of amides is 1. The molecule has 0 aliphatic rings. The smallest absolute Gasteiger partial charge is 0.345 e. The molecule has 4 rings (SSSR count). The van der Waals surface area contributed by atoms with Crippen LogP contribution in [0.5, 0.6) is 5.75 Å². The van der Waals surface area contributed by atoms with Gasteiger partial charge in [-0.25, -0.2) is 9.78 Å². The van der Waals surface area contributed by atoms with Crippen LogP contribution in [0.15, 0.2) is 61.7 Å². The Bertz CT molecular complexity index is 1180. The number of hydrogen-bond acceptors (Lipinski definition) is 7. The van der Waals surface area contributed by atoms with E-state index in [-0.39, 0.29) is 12.3 Å². The molecule has 0 aliphatic carbocycles. The summed E-state index contributed by atoms with van der Waals surface area (Å²) in [6, 6.07) is 10.7. The van der Waals surface area contributed by atoms with Crippen LogP contribution in [0.25, 0.3) is 22.2 Å². The molecule has 3 heterocycles. The van der Waals surface area contributed by atoms with Crippen LogP contribution in [-0.4, -0.2) is 18.0 Å². The van der Waals surface area contributed by atoms with Crippen molar-refractivity contribution >= 4 is 28.2 Å². The van der Waals surface area contributed by atoms with E-state index < -0.39 is 5.63 Å². The summed E-state index contributed by atoms with van der Waals surface area (Å²) in [5, 5.41) is 5.86. The van der Waals surface area contributed by atoms with Crippen molar-refractivity contribution in [1.29, 1.82) is 0 Å². The lowest BCUT2D eigenvalue weighted by molar-refractivity contribution is -0.120. The molecular weight excluding hydrogens is 380 g/mol. The van der Waals surface area contributed by atoms with Gasteiger partial charge in [-0.2, -0.15) is 0 Å². The Morgan fingerprint density at radius 3 is 2.96 bits per heavy atom. The van der Waals surface area contributed by atoms with Crippen LogP contribution in [0.4, 0.5) is 0 Å². The number of nitrogens with zero attached hydrogens (tertiary/aromatic N) is 1. The molecule has 0 unspecified atom stereocenters. The fourth-order valence-corrected chi connectivity index (χ4v) is 3.56. The average Bonchev–Trinajstić information content (AvgIpc) is 3.37. The fraction of sp³-hybridized carbons (Fsp3) is 0.150. The van der Waals surface area contributed by atoms with Crippen LogP contribution in [0.3, 0.4) is 0 Å². The summed E-state index contributed by atoms with van der Waals surface area (Å²) < 4.78 is 15.8. The van der Waals surface area contributed by atoms with Gasteiger partial charge in [0.2, 0.25) is 5.91 Å². The number of methoxy groups -OCH3 is 1. The monoisotopic (exact) mass is 396 g/mol. The lowest BCUT2D eigenvalue weighted by Crippen LogP contribution is -2.24. The first-order valence-corrected chi connectivity index (χ1v) is 9.36. The van der Waals surface area contributed by atoms with Gasteiger partial charge < -0.3 is 18.9 Å². The molecule has 0 atom stereocenters. The predicted octanol–water partition coefficient (Wildman–Crippen LogP) is 3.38. The van der Waals surface area contributed by atoms with Crippen molar-refractivity contribution < 1.29 is 18.4 Å². The molecule has 1 N–H and O–H groups in total. The Labute approximate surface area is 163 Å². The van der Waals surface area contributed by atoms with Crippen LogP contribution in [0, 0.1) is 0 Å². The van der Waals surface area contributed by atoms with Gasteiger partial charge in [0.1, 0.15) is 10.8 Å². The molecule has 3 aromatic heterocycles. The number of carbonyl (C=O) groups excluding carboxylic acids is 1. The van der Waals surface area contributed by atoms with Gasteiger partial charge in [0, 0.05) is 10.8 Å². The topological polar surface area (TPSA) is 94.6 Å². The molecular formula is C20H16N2O5S. The molecule has 0 saturated carbocycles. The molecule has 142 valence electrons. The number of thiazole rings is 1. The first-order chi connectivity index (χ1) is 13.6. The number of hydrogen-bond donors (Lipinski definition) is 1. The zero-order valence-electron chi connectivity index (χ0n) is 14.9. The number of carbonyl (C=O) groups is 1. The lowest BCUT2D eigenvalue weighted by Gasteiger charge is -2.04. The highest BCUT2D eigenvalue weighted by Gasteiger charge is 2.15. The molecule has 0 saturated heterocycles. The van der Waals surface area contributed by atoms with E-state index in [1.165, 1.54) is 18.4 Å². The van der Waals surface area contributed by atoms with Crippen molar-refractivity contribution in [3.63, 3.8) is 0 Å². The Morgan fingerprint density at radius 2 is 2.18 bits per heavy atom. The maximum absolute atomic E-state index is 12.4. The Kier molecular flexibility index (Phi) is 4.94. The van der Waals surface area contributed by atoms with Gasteiger partial charge in [0.05, 0.1) is 37.6 Å². The van der Waals surface area contributed by atoms with Crippen LogP contribution >= 0.6 is 11.3 Å². The molecule has 0 bridgehead atoms. The minimum atomic E-state index is -0.504. The second-order valence-corrected chi connectivity index (χ2v) is 6.93. The third kappa shape index (κ3) is 3.67. The zero-order valence-corrected chi connectivity index (χ0v) is 15.7. The molecule has 1 amide bonds. The third-order valence-electron chi connectivity index (χ3n) is 4.12. The maximum Gasteiger partial charge on any atom is 0.345 e. The van der Waals surface area contributed by atoms with Crippen molar-refractivity contribution in [3.05, 3.63) is 69.2 Å². The van der Waals surface area contributed by atoms with E-state index in [0.29, 0.717) is 39.9 Å². The van der Waals surface area contributed by atoms with Crippen molar-refractivity contribution in [2.24, 2.45) is 0 Å². The van der Waals surface area contributed by atoms with E-state index in [1.807, 2.05) is 12.1 Å². The molecule has 0 fully saturated rings. The van der Waals surface area contributed by atoms with Gasteiger partial charge in [0.15, 0.2) is 11.3 Å². The second-order valence-electron chi connectivity index (χ2n) is 5.99. The Morgan fingerprint density at radius 1 is 1.29 bits per heavy atom. The zero-order chi connectivity index (χ0) is 19.5. The number of para-hydroxylation sites is 1. The highest BCUT2D eigenvalue weighted by Crippen LogP contribution is 2.28. The Balaban J connectivity index is 1.53. The molecule has 0 spiro atoms. The number of ether oxygens (including phenoxy) is 1. The highest BCUT2D eigenvalue weighted by atomic mass is 32.1. The highest BCUT2D eigenvalue weighted by molar-refractivity contribution is 7.10. The minimum Gasteiger partial charge on any atom is -0.493 e. The first kappa shape index (κ1) is 18.0. The van der Waals surface area contributed by atoms with Gasteiger partial charge in [0.25, 0.3) is 0 Å². The summed E-state index contributed by atoms with van der Waals surface area (Å²) >= 11 is 1.32. The van der Waals surface area contributed by atoms with E-state index in [1.54, 1.807) is 35.9 Å². The minimum absolute atomic E-state index is 0.123. The molecule has 0 aliphatic heterocycles. The largest absolute Gasteiger partial charge is 0.493 e. The number of furan rings is 1. The summed E-state index contributed by atoms with van der Waals surface area (Å²) in [6.07, 6.45) is 1.68. The van der Waals surface area contributed by atoms with Gasteiger partial charge in [-0.1, -0.05) is 12.1 Å². The van der Waals surface area contributed by atoms with Crippen molar-refractivity contribution in [2.45, 2.75) is 13.0 Å². The van der Waals surface area contributed by atoms with Gasteiger partial charge in [-0.3, -0.25) is 4.79 Å². The van der Waals surface area contributed by atoms with E-state index in [0.717, 1.165) is 5.39 Å². The van der Waals surface area contributed by atoms with Crippen molar-refractivity contribution in [1.82, 2.24) is 10.3 Å². The van der Waals surface area contributed by atoms with Crippen LogP contribution in [0.1, 0.15) is 10.8 Å². The predicted molar refractivity (Wildman–Crippen MR) is 104 cm³/mol. The maximum atomic E-state index is 12.4. The number of benzene rings is 1. The van der Waals surface area contributed by atoms with E-state index in [2.05, 4.69) is 10.3 Å². The van der Waals surface area contributed by atoms with E-state index >= 15 is 0 Å². The number of fused-ring (bicyclic) bond motifs is 1.